The standard InChI is InChI=1S/C18H28N2O4/c1-18(2,3)24-17(22)19-15(13-21)12-14-4-6-16(7-5-14)20-8-10-23-11-9-20/h4-7,15,21H,8-13H2,1-3H3,(H,19,22). The quantitative estimate of drug-likeness (QED) is 0.860. The molecule has 1 unspecified atom stereocenters. The number of carbonyl (C=O) groups excluding carboxylic acids is 1. The van der Waals surface area contributed by atoms with Gasteiger partial charge < -0.3 is 24.8 Å². The van der Waals surface area contributed by atoms with Gasteiger partial charge in [0.05, 0.1) is 25.9 Å². The molecule has 1 amide bonds. The predicted molar refractivity (Wildman–Crippen MR) is 93.4 cm³/mol. The maximum atomic E-state index is 11.8. The molecule has 0 aromatic heterocycles. The molecule has 0 saturated carbocycles. The van der Waals surface area contributed by atoms with Crippen molar-refractivity contribution < 1.29 is 19.4 Å². The molecule has 1 aliphatic rings. The molecule has 134 valence electrons. The number of amides is 1. The average Bonchev–Trinajstić information content (AvgIpc) is 2.54. The lowest BCUT2D eigenvalue weighted by Gasteiger charge is -2.29. The molecule has 24 heavy (non-hydrogen) atoms. The summed E-state index contributed by atoms with van der Waals surface area (Å²) in [6, 6.07) is 7.84. The van der Waals surface area contributed by atoms with Crippen LogP contribution in [0, 0.1) is 0 Å². The Bertz CT molecular complexity index is 519. The maximum absolute atomic E-state index is 11.8. The number of rotatable bonds is 5. The predicted octanol–water partition coefficient (Wildman–Crippen LogP) is 1.95. The van der Waals surface area contributed by atoms with Gasteiger partial charge in [0, 0.05) is 18.8 Å². The number of morpholine rings is 1. The van der Waals surface area contributed by atoms with Crippen molar-refractivity contribution in [2.45, 2.75) is 38.8 Å². The number of nitrogens with zero attached hydrogens (tertiary/aromatic N) is 1. The molecular weight excluding hydrogens is 308 g/mol. The van der Waals surface area contributed by atoms with E-state index in [0.29, 0.717) is 6.42 Å². The van der Waals surface area contributed by atoms with Crippen LogP contribution in [0.3, 0.4) is 0 Å². The Hall–Kier alpha value is -1.79. The van der Waals surface area contributed by atoms with Crippen LogP contribution in [0.25, 0.3) is 0 Å². The average molecular weight is 336 g/mol. The van der Waals surface area contributed by atoms with Crippen molar-refractivity contribution in [1.82, 2.24) is 5.32 Å². The Balaban J connectivity index is 1.89. The smallest absolute Gasteiger partial charge is 0.407 e. The second-order valence-corrected chi connectivity index (χ2v) is 7.00. The van der Waals surface area contributed by atoms with E-state index < -0.39 is 11.7 Å². The second-order valence-electron chi connectivity index (χ2n) is 7.00. The Kier molecular flexibility index (Phi) is 6.45. The molecule has 1 aromatic carbocycles. The van der Waals surface area contributed by atoms with Crippen LogP contribution in [0.15, 0.2) is 24.3 Å². The number of carbonyl (C=O) groups is 1. The number of nitrogens with one attached hydrogen (secondary N) is 1. The summed E-state index contributed by atoms with van der Waals surface area (Å²) in [7, 11) is 0. The van der Waals surface area contributed by atoms with Gasteiger partial charge in [-0.3, -0.25) is 0 Å². The monoisotopic (exact) mass is 336 g/mol. The topological polar surface area (TPSA) is 71.0 Å². The van der Waals surface area contributed by atoms with Crippen LogP contribution < -0.4 is 10.2 Å². The van der Waals surface area contributed by atoms with Gasteiger partial charge >= 0.3 is 6.09 Å². The van der Waals surface area contributed by atoms with Gasteiger partial charge in [-0.25, -0.2) is 4.79 Å². The molecule has 2 rings (SSSR count). The van der Waals surface area contributed by atoms with Gasteiger partial charge in [0.15, 0.2) is 0 Å². The SMILES string of the molecule is CC(C)(C)OC(=O)NC(CO)Cc1ccc(N2CCOCC2)cc1. The fourth-order valence-corrected chi connectivity index (χ4v) is 2.58. The lowest BCUT2D eigenvalue weighted by atomic mass is 10.1. The fourth-order valence-electron chi connectivity index (χ4n) is 2.58. The fraction of sp³-hybridized carbons (Fsp3) is 0.611. The molecule has 2 N–H and O–H groups in total. The lowest BCUT2D eigenvalue weighted by Crippen LogP contribution is -2.42. The molecule has 1 aromatic rings. The summed E-state index contributed by atoms with van der Waals surface area (Å²) < 4.78 is 10.6. The van der Waals surface area contributed by atoms with Crippen LogP contribution in [0.5, 0.6) is 0 Å². The third kappa shape index (κ3) is 6.02. The van der Waals surface area contributed by atoms with E-state index in [9.17, 15) is 9.90 Å². The van der Waals surface area contributed by atoms with Crippen LogP contribution >= 0.6 is 0 Å². The van der Waals surface area contributed by atoms with E-state index in [1.54, 1.807) is 0 Å². The molecule has 1 fully saturated rings. The molecule has 0 bridgehead atoms. The third-order valence-corrected chi connectivity index (χ3v) is 3.74. The molecule has 1 heterocycles. The van der Waals surface area contributed by atoms with E-state index in [-0.39, 0.29) is 12.6 Å². The summed E-state index contributed by atoms with van der Waals surface area (Å²) in [5, 5.41) is 12.2. The van der Waals surface area contributed by atoms with Gasteiger partial charge in [0.2, 0.25) is 0 Å². The Labute approximate surface area is 143 Å². The first kappa shape index (κ1) is 18.5. The summed E-state index contributed by atoms with van der Waals surface area (Å²) >= 11 is 0. The van der Waals surface area contributed by atoms with Crippen LogP contribution in [-0.2, 0) is 15.9 Å². The number of anilines is 1. The number of alkyl carbamates (subject to hydrolysis) is 1. The molecule has 1 saturated heterocycles. The number of ether oxygens (including phenoxy) is 2. The van der Waals surface area contributed by atoms with Crippen molar-refractivity contribution in [2.24, 2.45) is 0 Å². The molecule has 0 aliphatic carbocycles. The van der Waals surface area contributed by atoms with Crippen molar-refractivity contribution in [3.63, 3.8) is 0 Å². The van der Waals surface area contributed by atoms with Gasteiger partial charge in [-0.1, -0.05) is 12.1 Å². The van der Waals surface area contributed by atoms with Gasteiger partial charge in [-0.05, 0) is 44.9 Å². The maximum Gasteiger partial charge on any atom is 0.407 e. The zero-order valence-corrected chi connectivity index (χ0v) is 14.7. The molecule has 6 heteroatoms. The molecule has 1 aliphatic heterocycles. The summed E-state index contributed by atoms with van der Waals surface area (Å²) in [6.07, 6.45) is 0.0468. The van der Waals surface area contributed by atoms with Crippen LogP contribution in [0.4, 0.5) is 10.5 Å². The van der Waals surface area contributed by atoms with Crippen molar-refractivity contribution in [2.75, 3.05) is 37.8 Å². The zero-order valence-electron chi connectivity index (χ0n) is 14.7. The number of aliphatic hydroxyl groups excluding tert-OH is 1. The van der Waals surface area contributed by atoms with Crippen LogP contribution in [0.2, 0.25) is 0 Å². The van der Waals surface area contributed by atoms with Gasteiger partial charge in [-0.2, -0.15) is 0 Å². The number of hydrogen-bond acceptors (Lipinski definition) is 5. The number of benzene rings is 1. The summed E-state index contributed by atoms with van der Waals surface area (Å²) in [5.41, 5.74) is 1.67. The molecule has 0 spiro atoms. The van der Waals surface area contributed by atoms with Gasteiger partial charge in [0.25, 0.3) is 0 Å². The van der Waals surface area contributed by atoms with E-state index in [1.165, 1.54) is 5.69 Å². The highest BCUT2D eigenvalue weighted by Gasteiger charge is 2.19. The Morgan fingerprint density at radius 2 is 1.92 bits per heavy atom. The lowest BCUT2D eigenvalue weighted by molar-refractivity contribution is 0.0483. The minimum absolute atomic E-state index is 0.134. The summed E-state index contributed by atoms with van der Waals surface area (Å²) in [6.45, 7) is 8.62. The number of hydrogen-bond donors (Lipinski definition) is 2. The van der Waals surface area contributed by atoms with Crippen molar-refractivity contribution in [1.29, 1.82) is 0 Å². The first-order valence-corrected chi connectivity index (χ1v) is 8.39. The minimum Gasteiger partial charge on any atom is -0.444 e. The highest BCUT2D eigenvalue weighted by atomic mass is 16.6. The molecule has 1 atom stereocenters. The van der Waals surface area contributed by atoms with E-state index in [2.05, 4.69) is 22.3 Å². The van der Waals surface area contributed by atoms with Crippen molar-refractivity contribution >= 4 is 11.8 Å². The van der Waals surface area contributed by atoms with Gasteiger partial charge in [-0.15, -0.1) is 0 Å². The molecule has 6 nitrogen and oxygen atoms in total. The normalized spacial score (nSPS) is 16.6. The minimum atomic E-state index is -0.552. The first-order chi connectivity index (χ1) is 11.4. The van der Waals surface area contributed by atoms with Crippen molar-refractivity contribution in [3.8, 4) is 0 Å². The van der Waals surface area contributed by atoms with E-state index in [4.69, 9.17) is 9.47 Å². The highest BCUT2D eigenvalue weighted by molar-refractivity contribution is 5.68. The van der Waals surface area contributed by atoms with E-state index in [0.717, 1.165) is 31.9 Å². The van der Waals surface area contributed by atoms with Gasteiger partial charge in [0.1, 0.15) is 5.60 Å². The Morgan fingerprint density at radius 1 is 1.29 bits per heavy atom. The number of aliphatic hydroxyl groups is 1. The van der Waals surface area contributed by atoms with E-state index in [1.807, 2.05) is 32.9 Å². The van der Waals surface area contributed by atoms with Crippen LogP contribution in [0.1, 0.15) is 26.3 Å². The first-order valence-electron chi connectivity index (χ1n) is 8.39. The summed E-state index contributed by atoms with van der Waals surface area (Å²) in [4.78, 5) is 14.1. The second kappa shape index (κ2) is 8.35. The van der Waals surface area contributed by atoms with E-state index >= 15 is 0 Å². The molecule has 0 radical (unpaired) electrons. The highest BCUT2D eigenvalue weighted by Crippen LogP contribution is 2.17. The Morgan fingerprint density at radius 3 is 2.46 bits per heavy atom. The van der Waals surface area contributed by atoms with Crippen LogP contribution in [-0.4, -0.2) is 55.8 Å². The van der Waals surface area contributed by atoms with Crippen molar-refractivity contribution in [3.05, 3.63) is 29.8 Å². The third-order valence-electron chi connectivity index (χ3n) is 3.74. The summed E-state index contributed by atoms with van der Waals surface area (Å²) in [5.74, 6) is 0. The largest absolute Gasteiger partial charge is 0.444 e. The zero-order chi connectivity index (χ0) is 17.6. The molecular formula is C18H28N2O4.